The molecule has 0 aliphatic carbocycles. The fourth-order valence-corrected chi connectivity index (χ4v) is 3.18. The molecule has 0 radical (unpaired) electrons. The van der Waals surface area contributed by atoms with Gasteiger partial charge in [0.25, 0.3) is 0 Å². The van der Waals surface area contributed by atoms with E-state index in [9.17, 15) is 12.8 Å². The maximum atomic E-state index is 13.0. The molecule has 1 aromatic carbocycles. The Morgan fingerprint density at radius 2 is 2.12 bits per heavy atom. The van der Waals surface area contributed by atoms with Crippen LogP contribution in [0.5, 0.6) is 0 Å². The Morgan fingerprint density at radius 1 is 1.47 bits per heavy atom. The second-order valence-corrected chi connectivity index (χ2v) is 6.68. The van der Waals surface area contributed by atoms with E-state index in [1.54, 1.807) is 6.92 Å². The van der Waals surface area contributed by atoms with Crippen LogP contribution in [0.3, 0.4) is 0 Å². The first-order valence-corrected chi connectivity index (χ1v) is 7.40. The molecule has 1 atom stereocenters. The van der Waals surface area contributed by atoms with Crippen LogP contribution >= 0.6 is 11.6 Å². The number of nitrogens with two attached hydrogens (primary N) is 1. The average Bonchev–Trinajstić information content (AvgIpc) is 2.20. The zero-order chi connectivity index (χ0) is 13.1. The van der Waals surface area contributed by atoms with Crippen molar-refractivity contribution in [1.82, 2.24) is 0 Å². The first-order chi connectivity index (χ1) is 7.80. The number of sulfone groups is 1. The summed E-state index contributed by atoms with van der Waals surface area (Å²) in [5, 5.41) is 0.260. The molecule has 3 nitrogen and oxygen atoms in total. The number of hydrogen-bond acceptors (Lipinski definition) is 3. The van der Waals surface area contributed by atoms with E-state index in [2.05, 4.69) is 0 Å². The molecule has 0 aromatic heterocycles. The molecule has 96 valence electrons. The van der Waals surface area contributed by atoms with Crippen LogP contribution in [0.1, 0.15) is 18.9 Å². The molecule has 0 fully saturated rings. The Kier molecular flexibility index (Phi) is 4.91. The summed E-state index contributed by atoms with van der Waals surface area (Å²) in [7, 11) is -3.30. The maximum absolute atomic E-state index is 13.0. The molecule has 0 saturated carbocycles. The third-order valence-electron chi connectivity index (χ3n) is 2.27. The van der Waals surface area contributed by atoms with Crippen molar-refractivity contribution in [3.63, 3.8) is 0 Å². The average molecular weight is 280 g/mol. The third kappa shape index (κ3) is 5.02. The molecule has 1 rings (SSSR count). The topological polar surface area (TPSA) is 60.2 Å². The highest BCUT2D eigenvalue weighted by atomic mass is 35.5. The Labute approximate surface area is 106 Å². The van der Waals surface area contributed by atoms with Gasteiger partial charge in [-0.1, -0.05) is 11.6 Å². The zero-order valence-corrected chi connectivity index (χ0v) is 11.1. The van der Waals surface area contributed by atoms with Crippen LogP contribution in [0.2, 0.25) is 5.02 Å². The fourth-order valence-electron chi connectivity index (χ4n) is 1.33. The molecular formula is C11H15ClFNO2S. The first-order valence-electron chi connectivity index (χ1n) is 5.20. The van der Waals surface area contributed by atoms with Crippen LogP contribution in [-0.2, 0) is 15.6 Å². The minimum absolute atomic E-state index is 0.0164. The lowest BCUT2D eigenvalue weighted by Gasteiger charge is -2.08. The molecular weight excluding hydrogens is 265 g/mol. The highest BCUT2D eigenvalue weighted by Crippen LogP contribution is 2.20. The van der Waals surface area contributed by atoms with Gasteiger partial charge in [0.1, 0.15) is 5.82 Å². The van der Waals surface area contributed by atoms with Crippen molar-refractivity contribution >= 4 is 21.4 Å². The van der Waals surface area contributed by atoms with Crippen LogP contribution in [0.4, 0.5) is 4.39 Å². The smallest absolute Gasteiger partial charge is 0.154 e. The quantitative estimate of drug-likeness (QED) is 0.898. The van der Waals surface area contributed by atoms with E-state index in [0.29, 0.717) is 6.42 Å². The largest absolute Gasteiger partial charge is 0.328 e. The third-order valence-corrected chi connectivity index (χ3v) is 4.24. The van der Waals surface area contributed by atoms with Gasteiger partial charge in [0.15, 0.2) is 9.84 Å². The Bertz CT molecular complexity index is 488. The molecule has 17 heavy (non-hydrogen) atoms. The second kappa shape index (κ2) is 5.80. The normalized spacial score (nSPS) is 13.6. The molecule has 0 saturated heterocycles. The molecule has 0 aliphatic rings. The van der Waals surface area contributed by atoms with Crippen molar-refractivity contribution in [3.8, 4) is 0 Å². The molecule has 0 bridgehead atoms. The summed E-state index contributed by atoms with van der Waals surface area (Å²) in [5.74, 6) is -0.764. The van der Waals surface area contributed by atoms with Gasteiger partial charge in [-0.15, -0.1) is 0 Å². The monoisotopic (exact) mass is 279 g/mol. The SMILES string of the molecule is CC(N)CCS(=O)(=O)Cc1cc(F)ccc1Cl. The van der Waals surface area contributed by atoms with Crippen LogP contribution in [-0.4, -0.2) is 20.2 Å². The van der Waals surface area contributed by atoms with E-state index in [1.807, 2.05) is 0 Å². The van der Waals surface area contributed by atoms with Gasteiger partial charge in [-0.2, -0.15) is 0 Å². The van der Waals surface area contributed by atoms with Gasteiger partial charge in [-0.05, 0) is 37.1 Å². The van der Waals surface area contributed by atoms with Gasteiger partial charge >= 0.3 is 0 Å². The summed E-state index contributed by atoms with van der Waals surface area (Å²) < 4.78 is 36.4. The van der Waals surface area contributed by atoms with Crippen molar-refractivity contribution in [2.75, 3.05) is 5.75 Å². The first kappa shape index (κ1) is 14.4. The Morgan fingerprint density at radius 3 is 2.71 bits per heavy atom. The van der Waals surface area contributed by atoms with E-state index >= 15 is 0 Å². The zero-order valence-electron chi connectivity index (χ0n) is 9.49. The number of benzene rings is 1. The summed E-state index contributed by atoms with van der Waals surface area (Å²) in [6.45, 7) is 1.74. The minimum Gasteiger partial charge on any atom is -0.328 e. The number of halogens is 2. The fraction of sp³-hybridized carbons (Fsp3) is 0.455. The highest BCUT2D eigenvalue weighted by Gasteiger charge is 2.15. The summed E-state index contributed by atoms with van der Waals surface area (Å²) >= 11 is 5.81. The maximum Gasteiger partial charge on any atom is 0.154 e. The molecule has 2 N–H and O–H groups in total. The number of rotatable bonds is 5. The molecule has 0 heterocycles. The van der Waals surface area contributed by atoms with E-state index < -0.39 is 15.7 Å². The van der Waals surface area contributed by atoms with Gasteiger partial charge in [0.2, 0.25) is 0 Å². The lowest BCUT2D eigenvalue weighted by Crippen LogP contribution is -2.20. The van der Waals surface area contributed by atoms with Crippen LogP contribution in [0.25, 0.3) is 0 Å². The summed E-state index contributed by atoms with van der Waals surface area (Å²) in [6, 6.07) is 3.52. The van der Waals surface area contributed by atoms with E-state index in [-0.39, 0.29) is 28.1 Å². The van der Waals surface area contributed by atoms with Crippen LogP contribution in [0.15, 0.2) is 18.2 Å². The Balaban J connectivity index is 2.79. The lowest BCUT2D eigenvalue weighted by molar-refractivity contribution is 0.586. The molecule has 1 unspecified atom stereocenters. The van der Waals surface area contributed by atoms with Crippen LogP contribution < -0.4 is 5.73 Å². The molecule has 0 amide bonds. The molecule has 1 aromatic rings. The van der Waals surface area contributed by atoms with Crippen molar-refractivity contribution < 1.29 is 12.8 Å². The van der Waals surface area contributed by atoms with Crippen molar-refractivity contribution in [3.05, 3.63) is 34.6 Å². The van der Waals surface area contributed by atoms with Gasteiger partial charge < -0.3 is 5.73 Å². The van der Waals surface area contributed by atoms with Gasteiger partial charge in [-0.3, -0.25) is 0 Å². The van der Waals surface area contributed by atoms with Crippen molar-refractivity contribution in [2.45, 2.75) is 25.1 Å². The van der Waals surface area contributed by atoms with E-state index in [1.165, 1.54) is 12.1 Å². The minimum atomic E-state index is -3.30. The predicted octanol–water partition coefficient (Wildman–Crippen LogP) is 2.13. The van der Waals surface area contributed by atoms with Gasteiger partial charge in [0, 0.05) is 11.1 Å². The van der Waals surface area contributed by atoms with Crippen molar-refractivity contribution in [1.29, 1.82) is 0 Å². The van der Waals surface area contributed by atoms with Gasteiger partial charge in [-0.25, -0.2) is 12.8 Å². The van der Waals surface area contributed by atoms with E-state index in [0.717, 1.165) is 6.07 Å². The van der Waals surface area contributed by atoms with Crippen molar-refractivity contribution in [2.24, 2.45) is 5.73 Å². The summed E-state index contributed by atoms with van der Waals surface area (Å²) in [6.07, 6.45) is 0.384. The lowest BCUT2D eigenvalue weighted by atomic mass is 10.2. The standard InChI is InChI=1S/C11H15ClFNO2S/c1-8(14)4-5-17(15,16)7-9-6-10(13)2-3-11(9)12/h2-3,6,8H,4-5,7,14H2,1H3. The Hall–Kier alpha value is -0.650. The number of hydrogen-bond donors (Lipinski definition) is 1. The summed E-state index contributed by atoms with van der Waals surface area (Å²) in [5.41, 5.74) is 5.78. The highest BCUT2D eigenvalue weighted by molar-refractivity contribution is 7.90. The predicted molar refractivity (Wildman–Crippen MR) is 67.2 cm³/mol. The molecule has 6 heteroatoms. The van der Waals surface area contributed by atoms with Gasteiger partial charge in [0.05, 0.1) is 11.5 Å². The summed E-state index contributed by atoms with van der Waals surface area (Å²) in [4.78, 5) is 0. The van der Waals surface area contributed by atoms with Crippen LogP contribution in [0, 0.1) is 5.82 Å². The molecule has 0 aliphatic heterocycles. The van der Waals surface area contributed by atoms with E-state index in [4.69, 9.17) is 17.3 Å². The molecule has 0 spiro atoms. The second-order valence-electron chi connectivity index (χ2n) is 4.09.